The number of carbonyl (C=O) groups excluding carboxylic acids is 1. The molecule has 0 unspecified atom stereocenters. The molecule has 3 aromatic rings. The number of aryl methyl sites for hydroxylation is 1. The van der Waals surface area contributed by atoms with Crippen LogP contribution in [-0.4, -0.2) is 26.4 Å². The summed E-state index contributed by atoms with van der Waals surface area (Å²) >= 11 is 1.35. The molecule has 6 nitrogen and oxygen atoms in total. The summed E-state index contributed by atoms with van der Waals surface area (Å²) in [6, 6.07) is 13.7. The van der Waals surface area contributed by atoms with Gasteiger partial charge in [-0.3, -0.25) is 9.48 Å². The molecule has 1 amide bonds. The van der Waals surface area contributed by atoms with Gasteiger partial charge in [0.1, 0.15) is 17.5 Å². The Labute approximate surface area is 137 Å². The number of para-hydroxylation sites is 1. The highest BCUT2D eigenvalue weighted by molar-refractivity contribution is 7.99. The number of amides is 1. The van der Waals surface area contributed by atoms with Gasteiger partial charge in [-0.1, -0.05) is 36.0 Å². The van der Waals surface area contributed by atoms with E-state index in [1.807, 2.05) is 42.5 Å². The lowest BCUT2D eigenvalue weighted by atomic mass is 10.2. The quantitative estimate of drug-likeness (QED) is 0.746. The monoisotopic (exact) mass is 323 g/mol. The topological polar surface area (TPSA) is 83.6 Å². The fraction of sp³-hybridized carbons (Fsp3) is 0.125. The number of anilines is 1. The number of pyridine rings is 1. The summed E-state index contributed by atoms with van der Waals surface area (Å²) in [6.07, 6.45) is 1.42. The predicted molar refractivity (Wildman–Crippen MR) is 89.0 cm³/mol. The Balaban J connectivity index is 1.66. The molecule has 0 atom stereocenters. The fourth-order valence-corrected chi connectivity index (χ4v) is 2.78. The van der Waals surface area contributed by atoms with Crippen LogP contribution in [0.25, 0.3) is 10.9 Å². The highest BCUT2D eigenvalue weighted by Crippen LogP contribution is 2.20. The predicted octanol–water partition coefficient (Wildman–Crippen LogP) is 2.57. The molecule has 23 heavy (non-hydrogen) atoms. The number of thioether (sulfide) groups is 1. The second-order valence-electron chi connectivity index (χ2n) is 4.82. The maximum absolute atomic E-state index is 12.1. The van der Waals surface area contributed by atoms with Crippen LogP contribution in [0.4, 0.5) is 5.82 Å². The standard InChI is InChI=1S/C16H13N5OS/c1-21-16(12(8-17)9-18-21)20-14(22)10-23-15-7-6-11-4-2-3-5-13(11)19-15/h2-7,9H,10H2,1H3,(H,20,22). The van der Waals surface area contributed by atoms with E-state index in [1.54, 1.807) is 7.05 Å². The lowest BCUT2D eigenvalue weighted by Gasteiger charge is -2.06. The minimum Gasteiger partial charge on any atom is -0.309 e. The molecule has 0 saturated carbocycles. The molecular weight excluding hydrogens is 310 g/mol. The Morgan fingerprint density at radius 3 is 3.00 bits per heavy atom. The number of hydrogen-bond donors (Lipinski definition) is 1. The number of fused-ring (bicyclic) bond motifs is 1. The third-order valence-electron chi connectivity index (χ3n) is 3.24. The third-order valence-corrected chi connectivity index (χ3v) is 4.17. The number of rotatable bonds is 4. The average Bonchev–Trinajstić information content (AvgIpc) is 2.93. The van der Waals surface area contributed by atoms with Gasteiger partial charge in [-0.25, -0.2) is 4.98 Å². The van der Waals surface area contributed by atoms with Gasteiger partial charge in [0.15, 0.2) is 0 Å². The minimum absolute atomic E-state index is 0.204. The number of benzene rings is 1. The van der Waals surface area contributed by atoms with Crippen molar-refractivity contribution in [3.05, 3.63) is 48.2 Å². The van der Waals surface area contributed by atoms with Crippen LogP contribution in [0.3, 0.4) is 0 Å². The molecule has 1 N–H and O–H groups in total. The molecule has 0 aliphatic carbocycles. The van der Waals surface area contributed by atoms with Gasteiger partial charge in [0.2, 0.25) is 5.91 Å². The molecule has 2 aromatic heterocycles. The molecule has 0 spiro atoms. The van der Waals surface area contributed by atoms with Crippen molar-refractivity contribution in [2.45, 2.75) is 5.03 Å². The van der Waals surface area contributed by atoms with E-state index >= 15 is 0 Å². The van der Waals surface area contributed by atoms with E-state index in [9.17, 15) is 4.79 Å². The van der Waals surface area contributed by atoms with Gasteiger partial charge in [0.25, 0.3) is 0 Å². The Hall–Kier alpha value is -2.85. The molecule has 3 rings (SSSR count). The summed E-state index contributed by atoms with van der Waals surface area (Å²) in [5.41, 5.74) is 1.24. The third kappa shape index (κ3) is 3.33. The van der Waals surface area contributed by atoms with Gasteiger partial charge in [-0.2, -0.15) is 10.4 Å². The lowest BCUT2D eigenvalue weighted by Crippen LogP contribution is -2.17. The van der Waals surface area contributed by atoms with Crippen LogP contribution in [0.5, 0.6) is 0 Å². The summed E-state index contributed by atoms with van der Waals surface area (Å²) in [4.78, 5) is 16.6. The molecule has 0 saturated heterocycles. The van der Waals surface area contributed by atoms with E-state index in [0.717, 1.165) is 15.9 Å². The number of aromatic nitrogens is 3. The Morgan fingerprint density at radius 2 is 2.17 bits per heavy atom. The van der Waals surface area contributed by atoms with Crippen molar-refractivity contribution in [2.24, 2.45) is 7.05 Å². The molecule has 114 valence electrons. The van der Waals surface area contributed by atoms with Crippen molar-refractivity contribution in [1.29, 1.82) is 5.26 Å². The van der Waals surface area contributed by atoms with Crippen LogP contribution in [0.2, 0.25) is 0 Å². The Morgan fingerprint density at radius 1 is 1.35 bits per heavy atom. The Bertz CT molecular complexity index is 912. The zero-order valence-electron chi connectivity index (χ0n) is 12.4. The molecule has 0 bridgehead atoms. The van der Waals surface area contributed by atoms with Gasteiger partial charge < -0.3 is 5.32 Å². The van der Waals surface area contributed by atoms with Crippen molar-refractivity contribution in [3.8, 4) is 6.07 Å². The summed E-state index contributed by atoms with van der Waals surface area (Å²) in [5, 5.41) is 17.5. The van der Waals surface area contributed by atoms with Crippen LogP contribution in [0.15, 0.2) is 47.6 Å². The normalized spacial score (nSPS) is 10.4. The van der Waals surface area contributed by atoms with Crippen molar-refractivity contribution in [2.75, 3.05) is 11.1 Å². The zero-order valence-corrected chi connectivity index (χ0v) is 13.2. The highest BCUT2D eigenvalue weighted by Gasteiger charge is 2.12. The van der Waals surface area contributed by atoms with Crippen molar-refractivity contribution >= 4 is 34.4 Å². The summed E-state index contributed by atoms with van der Waals surface area (Å²) in [7, 11) is 1.68. The minimum atomic E-state index is -0.204. The summed E-state index contributed by atoms with van der Waals surface area (Å²) in [5.74, 6) is 0.413. The number of hydrogen-bond acceptors (Lipinski definition) is 5. The van der Waals surface area contributed by atoms with Crippen LogP contribution >= 0.6 is 11.8 Å². The maximum atomic E-state index is 12.1. The average molecular weight is 323 g/mol. The van der Waals surface area contributed by atoms with E-state index in [4.69, 9.17) is 5.26 Å². The first-order chi connectivity index (χ1) is 11.2. The molecule has 1 aromatic carbocycles. The van der Waals surface area contributed by atoms with Crippen LogP contribution < -0.4 is 5.32 Å². The van der Waals surface area contributed by atoms with Gasteiger partial charge in [0.05, 0.1) is 22.5 Å². The van der Waals surface area contributed by atoms with Crippen LogP contribution in [0, 0.1) is 11.3 Å². The Kier molecular flexibility index (Phi) is 4.26. The number of nitrogens with one attached hydrogen (secondary N) is 1. The van der Waals surface area contributed by atoms with Crippen LogP contribution in [0.1, 0.15) is 5.56 Å². The summed E-state index contributed by atoms with van der Waals surface area (Å²) < 4.78 is 1.47. The molecule has 0 fully saturated rings. The van der Waals surface area contributed by atoms with Gasteiger partial charge in [-0.15, -0.1) is 0 Å². The van der Waals surface area contributed by atoms with Gasteiger partial charge in [0, 0.05) is 12.4 Å². The molecule has 2 heterocycles. The molecular formula is C16H13N5OS. The van der Waals surface area contributed by atoms with Crippen molar-refractivity contribution in [3.63, 3.8) is 0 Å². The maximum Gasteiger partial charge on any atom is 0.235 e. The second kappa shape index (κ2) is 6.50. The fourth-order valence-electron chi connectivity index (χ4n) is 2.10. The zero-order chi connectivity index (χ0) is 16.2. The van der Waals surface area contributed by atoms with E-state index < -0.39 is 0 Å². The first-order valence-electron chi connectivity index (χ1n) is 6.88. The number of nitrogens with zero attached hydrogens (tertiary/aromatic N) is 4. The smallest absolute Gasteiger partial charge is 0.235 e. The van der Waals surface area contributed by atoms with E-state index in [1.165, 1.54) is 22.6 Å². The molecule has 0 aliphatic heterocycles. The largest absolute Gasteiger partial charge is 0.309 e. The van der Waals surface area contributed by atoms with E-state index in [0.29, 0.717) is 11.4 Å². The van der Waals surface area contributed by atoms with Gasteiger partial charge >= 0.3 is 0 Å². The summed E-state index contributed by atoms with van der Waals surface area (Å²) in [6.45, 7) is 0. The first-order valence-corrected chi connectivity index (χ1v) is 7.86. The molecule has 0 aliphatic rings. The lowest BCUT2D eigenvalue weighted by molar-refractivity contribution is -0.113. The molecule has 7 heteroatoms. The molecule has 0 radical (unpaired) electrons. The van der Waals surface area contributed by atoms with Crippen LogP contribution in [-0.2, 0) is 11.8 Å². The van der Waals surface area contributed by atoms with E-state index in [2.05, 4.69) is 15.4 Å². The number of nitriles is 1. The van der Waals surface area contributed by atoms with Gasteiger partial charge in [-0.05, 0) is 12.1 Å². The number of carbonyl (C=O) groups is 1. The van der Waals surface area contributed by atoms with Crippen molar-refractivity contribution < 1.29 is 4.79 Å². The second-order valence-corrected chi connectivity index (χ2v) is 5.82. The highest BCUT2D eigenvalue weighted by atomic mass is 32.2. The van der Waals surface area contributed by atoms with E-state index in [-0.39, 0.29) is 11.7 Å². The van der Waals surface area contributed by atoms with Crippen molar-refractivity contribution in [1.82, 2.24) is 14.8 Å². The SMILES string of the molecule is Cn1ncc(C#N)c1NC(=O)CSc1ccc2ccccc2n1. The first kappa shape index (κ1) is 15.1.